The third-order valence-electron chi connectivity index (χ3n) is 4.01. The summed E-state index contributed by atoms with van der Waals surface area (Å²) in [5.74, 6) is 1.05. The normalized spacial score (nSPS) is 22.2. The zero-order chi connectivity index (χ0) is 15.9. The van der Waals surface area contributed by atoms with Gasteiger partial charge in [-0.05, 0) is 18.9 Å². The van der Waals surface area contributed by atoms with Crippen molar-refractivity contribution in [1.82, 2.24) is 14.9 Å². The molecule has 0 fully saturated rings. The predicted octanol–water partition coefficient (Wildman–Crippen LogP) is 1.60. The summed E-state index contributed by atoms with van der Waals surface area (Å²) >= 11 is 0. The number of hydroxylamine groups is 2. The first kappa shape index (κ1) is 15.3. The monoisotopic (exact) mass is 322 g/mol. The molecule has 1 unspecified atom stereocenters. The van der Waals surface area contributed by atoms with Crippen molar-refractivity contribution in [3.8, 4) is 0 Å². The largest absolute Gasteiger partial charge is 0.352 e. The molecule has 3 rings (SSSR count). The van der Waals surface area contributed by atoms with E-state index in [4.69, 9.17) is 4.84 Å². The van der Waals surface area contributed by atoms with Crippen LogP contribution in [0.3, 0.4) is 0 Å². The highest BCUT2D eigenvalue weighted by Gasteiger charge is 2.36. The van der Waals surface area contributed by atoms with Gasteiger partial charge in [0.15, 0.2) is 0 Å². The van der Waals surface area contributed by atoms with E-state index in [0.29, 0.717) is 6.67 Å². The van der Waals surface area contributed by atoms with Crippen LogP contribution in [0.5, 0.6) is 0 Å². The topological polar surface area (TPSA) is 48.4 Å². The quantitative estimate of drug-likeness (QED) is 0.787. The van der Waals surface area contributed by atoms with Gasteiger partial charge in [-0.1, -0.05) is 6.92 Å². The Morgan fingerprint density at radius 1 is 1.45 bits per heavy atom. The molecule has 0 bridgehead atoms. The fourth-order valence-electron chi connectivity index (χ4n) is 3.15. The lowest BCUT2D eigenvalue weighted by Gasteiger charge is -2.40. The summed E-state index contributed by atoms with van der Waals surface area (Å²) in [4.78, 5) is 15.3. The lowest BCUT2D eigenvalue weighted by Crippen LogP contribution is -2.42. The van der Waals surface area contributed by atoms with Gasteiger partial charge in [0.05, 0.1) is 40.9 Å². The van der Waals surface area contributed by atoms with Crippen molar-refractivity contribution in [3.05, 3.63) is 33.9 Å². The van der Waals surface area contributed by atoms with Gasteiger partial charge in [-0.2, -0.15) is 0 Å². The molecule has 1 atom stereocenters. The molecule has 22 heavy (non-hydrogen) atoms. The van der Waals surface area contributed by atoms with Crippen molar-refractivity contribution in [1.29, 1.82) is 0 Å². The molecule has 0 spiro atoms. The molecule has 3 heterocycles. The van der Waals surface area contributed by atoms with E-state index in [9.17, 15) is 4.21 Å². The highest BCUT2D eigenvalue weighted by Crippen LogP contribution is 2.37. The molecule has 0 aromatic rings. The molecule has 0 saturated heterocycles. The van der Waals surface area contributed by atoms with E-state index in [-0.39, 0.29) is 0 Å². The molecule has 7 heteroatoms. The molecule has 0 aromatic heterocycles. The minimum absolute atomic E-state index is 0.625. The third kappa shape index (κ3) is 2.38. The Morgan fingerprint density at radius 3 is 2.86 bits per heavy atom. The van der Waals surface area contributed by atoms with Crippen molar-refractivity contribution in [2.24, 2.45) is 4.99 Å². The first-order valence-corrected chi connectivity index (χ1v) is 8.99. The molecule has 3 aliphatic heterocycles. The van der Waals surface area contributed by atoms with Gasteiger partial charge in [0.2, 0.25) is 0 Å². The van der Waals surface area contributed by atoms with E-state index < -0.39 is 10.8 Å². The second kappa shape index (κ2) is 5.89. The van der Waals surface area contributed by atoms with Crippen LogP contribution >= 0.6 is 0 Å². The van der Waals surface area contributed by atoms with E-state index >= 15 is 0 Å². The number of aliphatic imine (C=N–C) groups is 1. The minimum Gasteiger partial charge on any atom is -0.352 e. The van der Waals surface area contributed by atoms with Gasteiger partial charge >= 0.3 is 0 Å². The van der Waals surface area contributed by atoms with Crippen molar-refractivity contribution >= 4 is 17.0 Å². The van der Waals surface area contributed by atoms with E-state index in [1.165, 1.54) is 0 Å². The lowest BCUT2D eigenvalue weighted by molar-refractivity contribution is -0.0971. The highest BCUT2D eigenvalue weighted by molar-refractivity contribution is 7.88. The van der Waals surface area contributed by atoms with Crippen LogP contribution in [-0.2, 0) is 15.6 Å². The average Bonchev–Trinajstić information content (AvgIpc) is 2.89. The molecular formula is C15H22N4O2S. The third-order valence-corrected chi connectivity index (χ3v) is 5.12. The summed E-state index contributed by atoms with van der Waals surface area (Å²) in [7, 11) is 0.609. The molecule has 0 amide bonds. The average molecular weight is 322 g/mol. The van der Waals surface area contributed by atoms with E-state index in [2.05, 4.69) is 28.6 Å². The Kier molecular flexibility index (Phi) is 4.10. The van der Waals surface area contributed by atoms with Crippen LogP contribution in [0.1, 0.15) is 20.3 Å². The van der Waals surface area contributed by atoms with Gasteiger partial charge in [0, 0.05) is 19.3 Å². The van der Waals surface area contributed by atoms with Crippen LogP contribution < -0.4 is 0 Å². The Labute approximate surface area is 133 Å². The minimum atomic E-state index is -1.05. The molecule has 0 N–H and O–H groups in total. The fourth-order valence-corrected chi connectivity index (χ4v) is 4.12. The first-order valence-electron chi connectivity index (χ1n) is 7.43. The SMILES string of the molecule is CCCN1CC(C)=C(S(C)=O)C2=C1N1CN(OC)C=C1C=N2. The van der Waals surface area contributed by atoms with Crippen LogP contribution in [-0.4, -0.2) is 58.4 Å². The summed E-state index contributed by atoms with van der Waals surface area (Å²) in [6, 6.07) is 0. The number of hydrogen-bond donors (Lipinski definition) is 0. The second-order valence-electron chi connectivity index (χ2n) is 5.64. The smallest absolute Gasteiger partial charge is 0.138 e. The van der Waals surface area contributed by atoms with Crippen LogP contribution in [0.15, 0.2) is 38.9 Å². The molecule has 0 saturated carbocycles. The molecule has 6 nitrogen and oxygen atoms in total. The molecule has 3 aliphatic rings. The standard InChI is InChI=1S/C15H22N4O2S/c1-5-6-17-8-11(2)14(22(4)20)13-15(17)19-10-18(21-3)9-12(19)7-16-13/h7,9H,5-6,8,10H2,1-4H3. The summed E-state index contributed by atoms with van der Waals surface area (Å²) in [6.07, 6.45) is 6.54. The summed E-state index contributed by atoms with van der Waals surface area (Å²) in [5, 5.41) is 1.77. The number of hydrogen-bond acceptors (Lipinski definition) is 6. The molecule has 0 aromatic carbocycles. The van der Waals surface area contributed by atoms with Gasteiger partial charge in [0.1, 0.15) is 18.2 Å². The number of fused-ring (bicyclic) bond motifs is 2. The Bertz CT molecular complexity index is 635. The fraction of sp³-hybridized carbons (Fsp3) is 0.533. The van der Waals surface area contributed by atoms with Crippen molar-refractivity contribution < 1.29 is 9.05 Å². The van der Waals surface area contributed by atoms with E-state index in [1.807, 2.05) is 12.4 Å². The Balaban J connectivity index is 2.08. The van der Waals surface area contributed by atoms with Gasteiger partial charge in [-0.3, -0.25) is 9.05 Å². The highest BCUT2D eigenvalue weighted by atomic mass is 32.2. The number of nitrogens with zero attached hydrogens (tertiary/aromatic N) is 4. The maximum absolute atomic E-state index is 12.2. The summed E-state index contributed by atoms with van der Waals surface area (Å²) in [5.41, 5.74) is 2.98. The van der Waals surface area contributed by atoms with Crippen LogP contribution in [0.25, 0.3) is 0 Å². The Hall–Kier alpha value is -1.60. The van der Waals surface area contributed by atoms with Crippen molar-refractivity contribution in [2.45, 2.75) is 20.3 Å². The molecule has 0 radical (unpaired) electrons. The molecule has 0 aliphatic carbocycles. The van der Waals surface area contributed by atoms with Crippen LogP contribution in [0.2, 0.25) is 0 Å². The van der Waals surface area contributed by atoms with E-state index in [1.54, 1.807) is 18.4 Å². The van der Waals surface area contributed by atoms with Gasteiger partial charge in [-0.15, -0.1) is 0 Å². The summed E-state index contributed by atoms with van der Waals surface area (Å²) in [6.45, 7) is 6.59. The number of rotatable bonds is 4. The summed E-state index contributed by atoms with van der Waals surface area (Å²) < 4.78 is 12.2. The first-order chi connectivity index (χ1) is 10.6. The number of allylic oxidation sites excluding steroid dienone is 1. The molecule has 120 valence electrons. The second-order valence-corrected chi connectivity index (χ2v) is 6.96. The Morgan fingerprint density at radius 2 is 2.23 bits per heavy atom. The van der Waals surface area contributed by atoms with E-state index in [0.717, 1.165) is 47.2 Å². The van der Waals surface area contributed by atoms with Crippen molar-refractivity contribution in [3.63, 3.8) is 0 Å². The maximum Gasteiger partial charge on any atom is 0.138 e. The van der Waals surface area contributed by atoms with Crippen LogP contribution in [0.4, 0.5) is 0 Å². The molecular weight excluding hydrogens is 300 g/mol. The van der Waals surface area contributed by atoms with Gasteiger partial charge in [-0.25, -0.2) is 10.1 Å². The van der Waals surface area contributed by atoms with Gasteiger partial charge in [0.25, 0.3) is 0 Å². The zero-order valence-electron chi connectivity index (χ0n) is 13.5. The lowest BCUT2D eigenvalue weighted by atomic mass is 10.1. The zero-order valence-corrected chi connectivity index (χ0v) is 14.3. The van der Waals surface area contributed by atoms with Gasteiger partial charge < -0.3 is 9.80 Å². The van der Waals surface area contributed by atoms with Crippen molar-refractivity contribution in [2.75, 3.05) is 33.1 Å². The predicted molar refractivity (Wildman–Crippen MR) is 87.8 cm³/mol. The van der Waals surface area contributed by atoms with Crippen LogP contribution in [0, 0.1) is 0 Å². The maximum atomic E-state index is 12.2.